The van der Waals surface area contributed by atoms with Gasteiger partial charge in [-0.3, -0.25) is 4.79 Å². The maximum Gasteiger partial charge on any atom is 0.450 e. The zero-order chi connectivity index (χ0) is 21.7. The van der Waals surface area contributed by atoms with Gasteiger partial charge in [0.2, 0.25) is 12.6 Å². The fourth-order valence-electron chi connectivity index (χ4n) is 3.61. The molecule has 4 rings (SSSR count). The topological polar surface area (TPSA) is 96.9 Å². The van der Waals surface area contributed by atoms with E-state index in [9.17, 15) is 32.3 Å². The lowest BCUT2D eigenvalue weighted by atomic mass is 9.76. The molecule has 1 fully saturated rings. The highest BCUT2D eigenvalue weighted by molar-refractivity contribution is 5.91. The van der Waals surface area contributed by atoms with Crippen LogP contribution in [0.15, 0.2) is 42.5 Å². The first kappa shape index (κ1) is 20.0. The van der Waals surface area contributed by atoms with Gasteiger partial charge in [0, 0.05) is 5.56 Å². The number of hydrogen-bond donors (Lipinski definition) is 3. The third-order valence-corrected chi connectivity index (χ3v) is 4.98. The molecule has 2 aliphatic heterocycles. The predicted octanol–water partition coefficient (Wildman–Crippen LogP) is 2.50. The van der Waals surface area contributed by atoms with Crippen LogP contribution in [0.1, 0.15) is 17.2 Å². The van der Waals surface area contributed by atoms with E-state index in [0.29, 0.717) is 5.75 Å². The van der Waals surface area contributed by atoms with Crippen LogP contribution in [0.25, 0.3) is 0 Å². The van der Waals surface area contributed by atoms with E-state index < -0.39 is 41.5 Å². The lowest BCUT2D eigenvalue weighted by Crippen LogP contribution is -2.66. The van der Waals surface area contributed by atoms with Crippen molar-refractivity contribution in [2.75, 3.05) is 6.79 Å². The Balaban J connectivity index is 1.86. The molecule has 3 N–H and O–H groups in total. The summed E-state index contributed by atoms with van der Waals surface area (Å²) in [7, 11) is 0. The smallest absolute Gasteiger partial charge is 0.450 e. The monoisotopic (exact) mass is 426 g/mol. The number of hydrogen-bond acceptors (Lipinski definition) is 5. The summed E-state index contributed by atoms with van der Waals surface area (Å²) >= 11 is 0. The van der Waals surface area contributed by atoms with Crippen molar-refractivity contribution >= 4 is 11.8 Å². The van der Waals surface area contributed by atoms with Gasteiger partial charge in [0.05, 0.1) is 6.04 Å². The largest absolute Gasteiger partial charge is 0.454 e. The minimum absolute atomic E-state index is 0.0808. The van der Waals surface area contributed by atoms with Gasteiger partial charge in [-0.2, -0.15) is 13.2 Å². The van der Waals surface area contributed by atoms with Crippen LogP contribution >= 0.6 is 0 Å². The van der Waals surface area contributed by atoms with Crippen LogP contribution in [0.5, 0.6) is 11.5 Å². The number of ketones is 1. The summed E-state index contributed by atoms with van der Waals surface area (Å²) in [4.78, 5) is 24.6. The van der Waals surface area contributed by atoms with Gasteiger partial charge in [0.15, 0.2) is 17.2 Å². The van der Waals surface area contributed by atoms with E-state index in [1.807, 2.05) is 5.32 Å². The number of halogens is 4. The predicted molar refractivity (Wildman–Crippen MR) is 91.8 cm³/mol. The van der Waals surface area contributed by atoms with Gasteiger partial charge in [0.25, 0.3) is 0 Å². The molecule has 1 saturated heterocycles. The highest BCUT2D eigenvalue weighted by Crippen LogP contribution is 2.44. The third-order valence-electron chi connectivity index (χ3n) is 4.98. The molecule has 2 aliphatic rings. The molecule has 158 valence electrons. The second kappa shape index (κ2) is 6.87. The molecular formula is C19H14F4N2O5. The number of urea groups is 1. The van der Waals surface area contributed by atoms with Crippen molar-refractivity contribution in [1.29, 1.82) is 0 Å². The molecule has 30 heavy (non-hydrogen) atoms. The Bertz CT molecular complexity index is 1010. The normalized spacial score (nSPS) is 25.4. The minimum atomic E-state index is -5.32. The number of Topliss-reactive ketones (excluding diaryl/α,β-unsaturated/α-hetero) is 1. The molecule has 3 atom stereocenters. The van der Waals surface area contributed by atoms with Gasteiger partial charge < -0.3 is 25.2 Å². The molecule has 2 aromatic carbocycles. The second-order valence-electron chi connectivity index (χ2n) is 6.80. The number of ether oxygens (including phenoxy) is 2. The van der Waals surface area contributed by atoms with E-state index >= 15 is 0 Å². The molecule has 0 spiro atoms. The fraction of sp³-hybridized carbons (Fsp3) is 0.263. The molecule has 0 radical (unpaired) electrons. The first-order chi connectivity index (χ1) is 14.1. The van der Waals surface area contributed by atoms with Crippen LogP contribution in [-0.2, 0) is 10.5 Å². The molecule has 2 heterocycles. The maximum absolute atomic E-state index is 13.5. The lowest BCUT2D eigenvalue weighted by molar-refractivity contribution is -0.190. The maximum atomic E-state index is 13.5. The second-order valence-corrected chi connectivity index (χ2v) is 6.80. The highest BCUT2D eigenvalue weighted by atomic mass is 19.4. The van der Waals surface area contributed by atoms with Crippen LogP contribution in [-0.4, -0.2) is 29.9 Å². The minimum Gasteiger partial charge on any atom is -0.454 e. The van der Waals surface area contributed by atoms with E-state index in [1.165, 1.54) is 18.2 Å². The lowest BCUT2D eigenvalue weighted by Gasteiger charge is -2.45. The fourth-order valence-corrected chi connectivity index (χ4v) is 3.61. The average Bonchev–Trinajstić information content (AvgIpc) is 3.14. The van der Waals surface area contributed by atoms with Gasteiger partial charge in [-0.15, -0.1) is 0 Å². The number of carbonyl (C=O) groups excluding carboxylic acids is 2. The van der Waals surface area contributed by atoms with Crippen molar-refractivity contribution < 1.29 is 41.7 Å². The molecule has 0 aliphatic carbocycles. The summed E-state index contributed by atoms with van der Waals surface area (Å²) in [5.74, 6) is -4.66. The third kappa shape index (κ3) is 3.30. The van der Waals surface area contributed by atoms with E-state index in [0.717, 1.165) is 24.3 Å². The van der Waals surface area contributed by atoms with E-state index in [-0.39, 0.29) is 23.7 Å². The van der Waals surface area contributed by atoms with Crippen molar-refractivity contribution in [3.8, 4) is 11.5 Å². The van der Waals surface area contributed by atoms with E-state index in [1.54, 1.807) is 0 Å². The first-order valence-electron chi connectivity index (χ1n) is 8.67. The number of amides is 2. The molecule has 0 bridgehead atoms. The van der Waals surface area contributed by atoms with Gasteiger partial charge in [0.1, 0.15) is 11.7 Å². The van der Waals surface area contributed by atoms with Crippen LogP contribution in [0.2, 0.25) is 0 Å². The number of alkyl halides is 3. The summed E-state index contributed by atoms with van der Waals surface area (Å²) in [6, 6.07) is 5.28. The highest BCUT2D eigenvalue weighted by Gasteiger charge is 2.59. The zero-order valence-corrected chi connectivity index (χ0v) is 15.0. The summed E-state index contributed by atoms with van der Waals surface area (Å²) < 4.78 is 64.1. The molecular weight excluding hydrogens is 412 g/mol. The molecule has 0 unspecified atom stereocenters. The zero-order valence-electron chi connectivity index (χ0n) is 15.0. The first-order valence-corrected chi connectivity index (χ1v) is 8.67. The van der Waals surface area contributed by atoms with Crippen molar-refractivity contribution in [1.82, 2.24) is 10.6 Å². The number of aliphatic hydroxyl groups is 1. The molecule has 2 aromatic rings. The van der Waals surface area contributed by atoms with Crippen molar-refractivity contribution in [2.45, 2.75) is 17.9 Å². The van der Waals surface area contributed by atoms with Gasteiger partial charge in [-0.25, -0.2) is 9.18 Å². The Morgan fingerprint density at radius 1 is 1.10 bits per heavy atom. The number of nitrogens with one attached hydrogen (secondary N) is 2. The van der Waals surface area contributed by atoms with Gasteiger partial charge >= 0.3 is 12.2 Å². The van der Waals surface area contributed by atoms with E-state index in [4.69, 9.17) is 9.47 Å². The number of benzene rings is 2. The molecule has 11 heteroatoms. The molecule has 7 nitrogen and oxygen atoms in total. The van der Waals surface area contributed by atoms with Crippen LogP contribution in [0, 0.1) is 11.7 Å². The van der Waals surface area contributed by atoms with Gasteiger partial charge in [-0.1, -0.05) is 18.2 Å². The van der Waals surface area contributed by atoms with E-state index in [2.05, 4.69) is 5.32 Å². The Kier molecular flexibility index (Phi) is 4.57. The molecule has 0 saturated carbocycles. The quantitative estimate of drug-likeness (QED) is 0.656. The van der Waals surface area contributed by atoms with Crippen molar-refractivity contribution in [3.63, 3.8) is 0 Å². The van der Waals surface area contributed by atoms with Crippen LogP contribution < -0.4 is 20.1 Å². The Labute approximate surface area is 166 Å². The standard InChI is InChI=1S/C19H14F4N2O5/c20-11-4-2-10(3-5-11)18(28)14(16(26)19(21,22)23)15(24-17(27)25-18)9-1-6-12-13(7-9)30-8-29-12/h1-7,14-15,28H,8H2,(H2,24,25,27)/t14-,15-,18+/m1/s1. The molecule has 0 aromatic heterocycles. The van der Waals surface area contributed by atoms with Crippen molar-refractivity contribution in [2.24, 2.45) is 5.92 Å². The van der Waals surface area contributed by atoms with Gasteiger partial charge in [-0.05, 0) is 29.8 Å². The summed E-state index contributed by atoms with van der Waals surface area (Å²) in [6.45, 7) is -0.0954. The van der Waals surface area contributed by atoms with Crippen LogP contribution in [0.4, 0.5) is 22.4 Å². The SMILES string of the molecule is O=C1N[C@H](c2ccc3c(c2)OCO3)[C@H](C(=O)C(F)(F)F)[C@@](O)(c2ccc(F)cc2)N1. The number of fused-ring (bicyclic) bond motifs is 1. The number of rotatable bonds is 3. The Hall–Kier alpha value is -3.34. The summed E-state index contributed by atoms with van der Waals surface area (Å²) in [5.41, 5.74) is -2.96. The Morgan fingerprint density at radius 3 is 2.43 bits per heavy atom. The summed E-state index contributed by atoms with van der Waals surface area (Å²) in [5, 5.41) is 15.4. The Morgan fingerprint density at radius 2 is 1.77 bits per heavy atom. The average molecular weight is 426 g/mol. The summed E-state index contributed by atoms with van der Waals surface area (Å²) in [6.07, 6.45) is -5.32. The van der Waals surface area contributed by atoms with Crippen molar-refractivity contribution in [3.05, 3.63) is 59.4 Å². The molecule has 2 amide bonds. The number of carbonyl (C=O) groups is 2. The van der Waals surface area contributed by atoms with Crippen LogP contribution in [0.3, 0.4) is 0 Å².